The van der Waals surface area contributed by atoms with Gasteiger partial charge in [-0.3, -0.25) is 0 Å². The van der Waals surface area contributed by atoms with Crippen LogP contribution in [0, 0.1) is 0 Å². The molecule has 0 amide bonds. The van der Waals surface area contributed by atoms with Crippen molar-refractivity contribution >= 4 is 23.4 Å². The molecule has 1 unspecified atom stereocenters. The predicted octanol–water partition coefficient (Wildman–Crippen LogP) is 3.86. The fourth-order valence-corrected chi connectivity index (χ4v) is 2.34. The van der Waals surface area contributed by atoms with Crippen molar-refractivity contribution in [3.8, 4) is 0 Å². The number of rotatable bonds is 0. The zero-order valence-electron chi connectivity index (χ0n) is 9.10. The normalized spacial score (nSPS) is 22.1. The number of halogens is 1. The molecular weight excluding hydrogens is 236 g/mol. The maximum Gasteiger partial charge on any atom is 0.111 e. The predicted molar refractivity (Wildman–Crippen MR) is 67.3 cm³/mol. The molecule has 86 valence electrons. The largest absolute Gasteiger partial charge is 0.388 e. The molecule has 3 rings (SSSR count). The first-order chi connectivity index (χ1) is 8.25. The van der Waals surface area contributed by atoms with Gasteiger partial charge in [0, 0.05) is 11.1 Å². The molecule has 0 saturated carbocycles. The summed E-state index contributed by atoms with van der Waals surface area (Å²) in [5.41, 5.74) is 3.17. The van der Waals surface area contributed by atoms with Gasteiger partial charge >= 0.3 is 0 Å². The van der Waals surface area contributed by atoms with Gasteiger partial charge in [0.25, 0.3) is 0 Å². The van der Waals surface area contributed by atoms with E-state index in [-0.39, 0.29) is 0 Å². The summed E-state index contributed by atoms with van der Waals surface area (Å²) < 4.78 is 0. The van der Waals surface area contributed by atoms with Crippen molar-refractivity contribution in [3.63, 3.8) is 0 Å². The first-order valence-corrected chi connectivity index (χ1v) is 5.94. The average Bonchev–Trinajstić information content (AvgIpc) is 2.50. The summed E-state index contributed by atoms with van der Waals surface area (Å²) in [6.07, 6.45) is 5.04. The number of hydrogen-bond donors (Lipinski definition) is 1. The molecular formula is C13H11ClN2O. The first-order valence-electron chi connectivity index (χ1n) is 5.56. The van der Waals surface area contributed by atoms with Gasteiger partial charge in [0.1, 0.15) is 5.69 Å². The summed E-state index contributed by atoms with van der Waals surface area (Å²) in [4.78, 5) is 0. The third-order valence-corrected chi connectivity index (χ3v) is 3.32. The number of allylic oxidation sites excluding steroid dienone is 1. The number of benzene rings is 1. The van der Waals surface area contributed by atoms with E-state index < -0.39 is 6.10 Å². The Bertz CT molecular complexity index is 561. The van der Waals surface area contributed by atoms with E-state index in [0.717, 1.165) is 29.7 Å². The highest BCUT2D eigenvalue weighted by Gasteiger charge is 2.22. The van der Waals surface area contributed by atoms with E-state index in [2.05, 4.69) is 10.2 Å². The van der Waals surface area contributed by atoms with Crippen LogP contribution in [-0.4, -0.2) is 11.2 Å². The minimum absolute atomic E-state index is 0.459. The quantitative estimate of drug-likeness (QED) is 0.742. The van der Waals surface area contributed by atoms with Crippen molar-refractivity contribution in [2.75, 3.05) is 0 Å². The highest BCUT2D eigenvalue weighted by molar-refractivity contribution is 6.33. The number of aliphatic hydroxyl groups excluding tert-OH is 1. The van der Waals surface area contributed by atoms with Gasteiger partial charge in [0.05, 0.1) is 16.8 Å². The zero-order valence-corrected chi connectivity index (χ0v) is 9.85. The van der Waals surface area contributed by atoms with Crippen molar-refractivity contribution in [1.29, 1.82) is 0 Å². The number of fused-ring (bicyclic) bond motifs is 2. The van der Waals surface area contributed by atoms with E-state index in [9.17, 15) is 5.11 Å². The molecule has 3 nitrogen and oxygen atoms in total. The molecule has 0 bridgehead atoms. The minimum Gasteiger partial charge on any atom is -0.388 e. The van der Waals surface area contributed by atoms with Gasteiger partial charge in [-0.1, -0.05) is 29.8 Å². The van der Waals surface area contributed by atoms with Crippen LogP contribution >= 0.6 is 11.6 Å². The lowest BCUT2D eigenvalue weighted by Crippen LogP contribution is -2.14. The van der Waals surface area contributed by atoms with Crippen LogP contribution in [0.15, 0.2) is 45.8 Å². The fourth-order valence-electron chi connectivity index (χ4n) is 2.12. The van der Waals surface area contributed by atoms with Crippen molar-refractivity contribution in [3.05, 3.63) is 46.1 Å². The van der Waals surface area contributed by atoms with E-state index in [4.69, 9.17) is 11.6 Å². The van der Waals surface area contributed by atoms with Crippen LogP contribution in [-0.2, 0) is 0 Å². The number of hydrogen-bond acceptors (Lipinski definition) is 3. The molecule has 1 heterocycles. The summed E-state index contributed by atoms with van der Waals surface area (Å²) in [6, 6.07) is 5.59. The van der Waals surface area contributed by atoms with Crippen LogP contribution < -0.4 is 0 Å². The molecule has 0 saturated heterocycles. The number of aliphatic hydroxyl groups is 1. The fraction of sp³-hybridized carbons (Fsp3) is 0.231. The Hall–Kier alpha value is -1.45. The molecule has 1 aromatic carbocycles. The van der Waals surface area contributed by atoms with Crippen molar-refractivity contribution in [1.82, 2.24) is 0 Å². The lowest BCUT2D eigenvalue weighted by atomic mass is 9.94. The van der Waals surface area contributed by atoms with Crippen molar-refractivity contribution < 1.29 is 5.11 Å². The summed E-state index contributed by atoms with van der Waals surface area (Å²) >= 11 is 6.08. The van der Waals surface area contributed by atoms with Crippen LogP contribution in [0.5, 0.6) is 0 Å². The van der Waals surface area contributed by atoms with Crippen molar-refractivity contribution in [2.45, 2.75) is 18.9 Å². The summed E-state index contributed by atoms with van der Waals surface area (Å²) in [7, 11) is 0. The monoisotopic (exact) mass is 246 g/mol. The highest BCUT2D eigenvalue weighted by Crippen LogP contribution is 2.37. The summed E-state index contributed by atoms with van der Waals surface area (Å²) in [6.45, 7) is 0. The molecule has 1 aliphatic heterocycles. The van der Waals surface area contributed by atoms with Crippen LogP contribution in [0.3, 0.4) is 0 Å². The molecule has 4 heteroatoms. The van der Waals surface area contributed by atoms with Crippen LogP contribution in [0.25, 0.3) is 6.08 Å². The van der Waals surface area contributed by atoms with E-state index in [1.165, 1.54) is 0 Å². The number of azo groups is 1. The SMILES string of the molecule is OC1CCC=C2N=Nc3c(Cl)cccc3C=C21. The Morgan fingerprint density at radius 3 is 3.06 bits per heavy atom. The second-order valence-electron chi connectivity index (χ2n) is 4.16. The van der Waals surface area contributed by atoms with Gasteiger partial charge in [-0.2, -0.15) is 5.11 Å². The summed E-state index contributed by atoms with van der Waals surface area (Å²) in [5.74, 6) is 0. The minimum atomic E-state index is -0.459. The molecule has 0 fully saturated rings. The Labute approximate surface area is 104 Å². The van der Waals surface area contributed by atoms with Gasteiger partial charge in [-0.05, 0) is 25.0 Å². The Kier molecular flexibility index (Phi) is 2.57. The van der Waals surface area contributed by atoms with Gasteiger partial charge < -0.3 is 5.11 Å². The third-order valence-electron chi connectivity index (χ3n) is 3.02. The topological polar surface area (TPSA) is 45.0 Å². The molecule has 1 atom stereocenters. The van der Waals surface area contributed by atoms with E-state index in [0.29, 0.717) is 10.7 Å². The molecule has 1 N–H and O–H groups in total. The maximum atomic E-state index is 9.98. The maximum absolute atomic E-state index is 9.98. The van der Waals surface area contributed by atoms with Crippen LogP contribution in [0.2, 0.25) is 5.02 Å². The summed E-state index contributed by atoms with van der Waals surface area (Å²) in [5, 5.41) is 18.9. The average molecular weight is 247 g/mol. The first kappa shape index (κ1) is 10.7. The lowest BCUT2D eigenvalue weighted by Gasteiger charge is -2.18. The molecule has 1 aliphatic carbocycles. The molecule has 2 aliphatic rings. The van der Waals surface area contributed by atoms with E-state index >= 15 is 0 Å². The highest BCUT2D eigenvalue weighted by atomic mass is 35.5. The van der Waals surface area contributed by atoms with E-state index in [1.54, 1.807) is 6.07 Å². The van der Waals surface area contributed by atoms with Gasteiger partial charge in [-0.25, -0.2) is 0 Å². The van der Waals surface area contributed by atoms with Crippen molar-refractivity contribution in [2.24, 2.45) is 10.2 Å². The molecule has 0 spiro atoms. The standard InChI is InChI=1S/C13H11ClN2O/c14-10-4-1-3-8-7-9-11(15-16-13(8)10)5-2-6-12(9)17/h1,3-5,7,12,17H,2,6H2. The van der Waals surface area contributed by atoms with Gasteiger partial charge in [0.2, 0.25) is 0 Å². The smallest absolute Gasteiger partial charge is 0.111 e. The van der Waals surface area contributed by atoms with Gasteiger partial charge in [0.15, 0.2) is 0 Å². The Balaban J connectivity index is 2.22. The lowest BCUT2D eigenvalue weighted by molar-refractivity contribution is 0.200. The molecule has 17 heavy (non-hydrogen) atoms. The van der Waals surface area contributed by atoms with Gasteiger partial charge in [-0.15, -0.1) is 5.11 Å². The van der Waals surface area contributed by atoms with Crippen LogP contribution in [0.4, 0.5) is 5.69 Å². The third kappa shape index (κ3) is 1.81. The molecule has 1 aromatic rings. The number of nitrogens with zero attached hydrogens (tertiary/aromatic N) is 2. The zero-order chi connectivity index (χ0) is 11.8. The molecule has 0 aromatic heterocycles. The Morgan fingerprint density at radius 2 is 2.18 bits per heavy atom. The second-order valence-corrected chi connectivity index (χ2v) is 4.57. The van der Waals surface area contributed by atoms with E-state index in [1.807, 2.05) is 24.3 Å². The second kappa shape index (κ2) is 4.09. The van der Waals surface area contributed by atoms with Crippen LogP contribution in [0.1, 0.15) is 18.4 Å². The Morgan fingerprint density at radius 1 is 1.29 bits per heavy atom. The molecule has 0 radical (unpaired) electrons.